The lowest BCUT2D eigenvalue weighted by Gasteiger charge is -2.35. The van der Waals surface area contributed by atoms with Gasteiger partial charge in [0.1, 0.15) is 0 Å². The van der Waals surface area contributed by atoms with E-state index in [0.717, 1.165) is 30.2 Å². The molecule has 0 aliphatic carbocycles. The predicted octanol–water partition coefficient (Wildman–Crippen LogP) is 0.866. The number of β-amino-alcohol motifs (C(OH)–C–C–N with tert-alkyl or cyclic N) is 1. The second-order valence-electron chi connectivity index (χ2n) is 5.06. The fourth-order valence-electron chi connectivity index (χ4n) is 2.40. The highest BCUT2D eigenvalue weighted by Crippen LogP contribution is 2.16. The van der Waals surface area contributed by atoms with Crippen molar-refractivity contribution in [3.05, 3.63) is 16.1 Å². The van der Waals surface area contributed by atoms with Crippen LogP contribution < -0.4 is 5.32 Å². The van der Waals surface area contributed by atoms with Crippen molar-refractivity contribution in [2.75, 3.05) is 25.1 Å². The van der Waals surface area contributed by atoms with Gasteiger partial charge >= 0.3 is 0 Å². The lowest BCUT2D eigenvalue weighted by Crippen LogP contribution is -2.54. The van der Waals surface area contributed by atoms with Gasteiger partial charge in [-0.3, -0.25) is 9.69 Å². The van der Waals surface area contributed by atoms with Gasteiger partial charge in [-0.1, -0.05) is 0 Å². The number of aromatic nitrogens is 1. The molecule has 20 heavy (non-hydrogen) atoms. The third kappa shape index (κ3) is 4.44. The third-order valence-corrected chi connectivity index (χ3v) is 4.71. The van der Waals surface area contributed by atoms with Gasteiger partial charge in [0.25, 0.3) is 0 Å². The number of thiazole rings is 1. The molecule has 0 spiro atoms. The summed E-state index contributed by atoms with van der Waals surface area (Å²) in [7, 11) is 0. The molecular weight excluding hydrogens is 294 g/mol. The van der Waals surface area contributed by atoms with Crippen LogP contribution in [0.5, 0.6) is 0 Å². The van der Waals surface area contributed by atoms with Crippen molar-refractivity contribution >= 4 is 29.0 Å². The van der Waals surface area contributed by atoms with E-state index in [9.17, 15) is 9.90 Å². The zero-order valence-electron chi connectivity index (χ0n) is 11.8. The summed E-state index contributed by atoms with van der Waals surface area (Å²) in [6.45, 7) is 4.22. The molecule has 5 nitrogen and oxygen atoms in total. The minimum absolute atomic E-state index is 0.00475. The number of aliphatic hydroxyl groups is 1. The van der Waals surface area contributed by atoms with Gasteiger partial charge in [-0.05, 0) is 19.6 Å². The van der Waals surface area contributed by atoms with Crippen molar-refractivity contribution < 1.29 is 9.90 Å². The Morgan fingerprint density at radius 3 is 3.10 bits per heavy atom. The Kier molecular flexibility index (Phi) is 5.83. The Balaban J connectivity index is 1.81. The normalized spacial score (nSPS) is 23.8. The van der Waals surface area contributed by atoms with E-state index in [1.165, 1.54) is 11.8 Å². The van der Waals surface area contributed by atoms with Crippen molar-refractivity contribution in [3.8, 4) is 0 Å². The van der Waals surface area contributed by atoms with Crippen LogP contribution in [0.1, 0.15) is 17.1 Å². The Morgan fingerprint density at radius 2 is 2.50 bits per heavy atom. The zero-order chi connectivity index (χ0) is 14.5. The summed E-state index contributed by atoms with van der Waals surface area (Å²) in [6, 6.07) is -0.122. The molecule has 112 valence electrons. The van der Waals surface area contributed by atoms with Crippen LogP contribution >= 0.6 is 23.1 Å². The average molecular weight is 315 g/mol. The number of nitrogens with zero attached hydrogens (tertiary/aromatic N) is 2. The van der Waals surface area contributed by atoms with Gasteiger partial charge < -0.3 is 10.4 Å². The maximum absolute atomic E-state index is 11.6. The second-order valence-corrected chi connectivity index (χ2v) is 6.98. The number of hydrogen-bond acceptors (Lipinski definition) is 6. The molecule has 2 N–H and O–H groups in total. The molecule has 7 heteroatoms. The molecule has 2 atom stereocenters. The summed E-state index contributed by atoms with van der Waals surface area (Å²) < 4.78 is 0. The standard InChI is InChI=1S/C13H21N3O2S2/c1-9-14-10(7-20-9)5-16-4-3-11(12(17)6-16)15-13(18)8-19-2/h7,11-12,17H,3-6,8H2,1-2H3,(H,15,18)/t11-,12-/m1/s1. The van der Waals surface area contributed by atoms with E-state index in [0.29, 0.717) is 12.3 Å². The number of rotatable bonds is 5. The lowest BCUT2D eigenvalue weighted by atomic mass is 10.0. The Hall–Kier alpha value is -0.630. The summed E-state index contributed by atoms with van der Waals surface area (Å²) in [5.74, 6) is 0.454. The van der Waals surface area contributed by atoms with Gasteiger partial charge in [-0.25, -0.2) is 4.98 Å². The minimum atomic E-state index is -0.505. The molecule has 1 amide bonds. The number of likely N-dealkylation sites (tertiary alicyclic amines) is 1. The summed E-state index contributed by atoms with van der Waals surface area (Å²) in [4.78, 5) is 18.2. The fourth-order valence-corrected chi connectivity index (χ4v) is 3.35. The number of thioether (sulfide) groups is 1. The monoisotopic (exact) mass is 315 g/mol. The Bertz CT molecular complexity index is 453. The van der Waals surface area contributed by atoms with Crippen LogP contribution in [-0.4, -0.2) is 58.1 Å². The van der Waals surface area contributed by atoms with E-state index in [-0.39, 0.29) is 11.9 Å². The minimum Gasteiger partial charge on any atom is -0.390 e. The van der Waals surface area contributed by atoms with E-state index in [1.807, 2.05) is 13.2 Å². The maximum atomic E-state index is 11.6. The molecule has 2 heterocycles. The SMILES string of the molecule is CSCC(=O)N[C@@H]1CCN(Cc2csc(C)n2)C[C@H]1O. The first-order valence-electron chi connectivity index (χ1n) is 6.68. The van der Waals surface area contributed by atoms with Crippen LogP contribution in [0.15, 0.2) is 5.38 Å². The number of nitrogens with one attached hydrogen (secondary N) is 1. The van der Waals surface area contributed by atoms with Gasteiger partial charge in [0.15, 0.2) is 0 Å². The van der Waals surface area contributed by atoms with Gasteiger partial charge in [0, 0.05) is 25.0 Å². The van der Waals surface area contributed by atoms with Crippen LogP contribution in [0.2, 0.25) is 0 Å². The van der Waals surface area contributed by atoms with Crippen molar-refractivity contribution in [3.63, 3.8) is 0 Å². The number of carbonyl (C=O) groups is 1. The van der Waals surface area contributed by atoms with Crippen LogP contribution in [0.25, 0.3) is 0 Å². The molecule has 1 aromatic heterocycles. The lowest BCUT2D eigenvalue weighted by molar-refractivity contribution is -0.120. The first kappa shape index (κ1) is 15.8. The quantitative estimate of drug-likeness (QED) is 0.844. The third-order valence-electron chi connectivity index (χ3n) is 3.34. The molecular formula is C13H21N3O2S2. The van der Waals surface area contributed by atoms with Crippen LogP contribution in [0, 0.1) is 6.92 Å². The highest BCUT2D eigenvalue weighted by atomic mass is 32.2. The number of aryl methyl sites for hydroxylation is 1. The fraction of sp³-hybridized carbons (Fsp3) is 0.692. The molecule has 0 radical (unpaired) electrons. The van der Waals surface area contributed by atoms with Crippen molar-refractivity contribution in [2.45, 2.75) is 32.0 Å². The van der Waals surface area contributed by atoms with E-state index >= 15 is 0 Å². The number of aliphatic hydroxyl groups excluding tert-OH is 1. The summed E-state index contributed by atoms with van der Waals surface area (Å²) in [5.41, 5.74) is 1.06. The molecule has 0 unspecified atom stereocenters. The molecule has 0 bridgehead atoms. The molecule has 1 fully saturated rings. The first-order valence-corrected chi connectivity index (χ1v) is 8.95. The molecule has 1 aliphatic heterocycles. The smallest absolute Gasteiger partial charge is 0.230 e. The van der Waals surface area contributed by atoms with Gasteiger partial charge in [-0.15, -0.1) is 11.3 Å². The highest BCUT2D eigenvalue weighted by molar-refractivity contribution is 7.99. The number of amides is 1. The topological polar surface area (TPSA) is 65.5 Å². The van der Waals surface area contributed by atoms with Crippen molar-refractivity contribution in [1.29, 1.82) is 0 Å². The van der Waals surface area contributed by atoms with Crippen molar-refractivity contribution in [1.82, 2.24) is 15.2 Å². The molecule has 0 saturated carbocycles. The summed E-state index contributed by atoms with van der Waals surface area (Å²) in [6.07, 6.45) is 2.17. The van der Waals surface area contributed by atoms with E-state index in [4.69, 9.17) is 0 Å². The Labute approximate surface area is 127 Å². The highest BCUT2D eigenvalue weighted by Gasteiger charge is 2.28. The summed E-state index contributed by atoms with van der Waals surface area (Å²) >= 11 is 3.14. The van der Waals surface area contributed by atoms with E-state index in [2.05, 4.69) is 20.6 Å². The summed E-state index contributed by atoms with van der Waals surface area (Å²) in [5, 5.41) is 16.2. The molecule has 0 aromatic carbocycles. The van der Waals surface area contributed by atoms with Crippen molar-refractivity contribution in [2.24, 2.45) is 0 Å². The van der Waals surface area contributed by atoms with Gasteiger partial charge in [0.2, 0.25) is 5.91 Å². The molecule has 1 aromatic rings. The zero-order valence-corrected chi connectivity index (χ0v) is 13.5. The molecule has 1 aliphatic rings. The first-order chi connectivity index (χ1) is 9.58. The van der Waals surface area contributed by atoms with Crippen LogP contribution in [-0.2, 0) is 11.3 Å². The van der Waals surface area contributed by atoms with Crippen LogP contribution in [0.4, 0.5) is 0 Å². The van der Waals surface area contributed by atoms with E-state index in [1.54, 1.807) is 11.3 Å². The van der Waals surface area contributed by atoms with Gasteiger partial charge in [0.05, 0.1) is 28.6 Å². The molecule has 2 rings (SSSR count). The van der Waals surface area contributed by atoms with Crippen LogP contribution in [0.3, 0.4) is 0 Å². The number of hydrogen-bond donors (Lipinski definition) is 2. The second kappa shape index (κ2) is 7.40. The maximum Gasteiger partial charge on any atom is 0.230 e. The Morgan fingerprint density at radius 1 is 1.70 bits per heavy atom. The average Bonchev–Trinajstić information content (AvgIpc) is 2.78. The van der Waals surface area contributed by atoms with E-state index < -0.39 is 6.10 Å². The predicted molar refractivity (Wildman–Crippen MR) is 83.1 cm³/mol. The largest absolute Gasteiger partial charge is 0.390 e. The van der Waals surface area contributed by atoms with Gasteiger partial charge in [-0.2, -0.15) is 11.8 Å². The number of carbonyl (C=O) groups excluding carboxylic acids is 1. The number of piperidine rings is 1. The molecule has 1 saturated heterocycles.